The maximum absolute atomic E-state index is 10.5. The molecule has 0 fully saturated rings. The van der Waals surface area contributed by atoms with Gasteiger partial charge in [-0.3, -0.25) is 0 Å². The number of rotatable bonds is 5. The molecule has 0 aliphatic rings. The average Bonchev–Trinajstić information content (AvgIpc) is 2.21. The summed E-state index contributed by atoms with van der Waals surface area (Å²) in [6, 6.07) is 6.08. The Labute approximate surface area is 98.8 Å². The molecule has 0 N–H and O–H groups in total. The first-order chi connectivity index (χ1) is 7.19. The molecule has 0 saturated heterocycles. The minimum absolute atomic E-state index is 0.241. The minimum Gasteiger partial charge on any atom is -0.380 e. The molecule has 0 radical (unpaired) electrons. The number of hydrogen-bond donors (Lipinski definition) is 0. The zero-order valence-electron chi connectivity index (χ0n) is 9.00. The third-order valence-corrected chi connectivity index (χ3v) is 2.88. The van der Waals surface area contributed by atoms with Crippen molar-refractivity contribution in [1.82, 2.24) is 0 Å². The Morgan fingerprint density at radius 2 is 2.27 bits per heavy atom. The first-order valence-electron chi connectivity index (χ1n) is 4.90. The Hall–Kier alpha value is -0.670. The van der Waals surface area contributed by atoms with Crippen LogP contribution in [0.4, 0.5) is 0 Å². The number of carbonyl (C=O) groups is 1. The second-order valence-electron chi connectivity index (χ2n) is 3.58. The molecule has 0 aliphatic carbocycles. The monoisotopic (exact) mass is 270 g/mol. The topological polar surface area (TPSA) is 26.3 Å². The molecule has 1 atom stereocenters. The molecule has 0 bridgehead atoms. The van der Waals surface area contributed by atoms with E-state index in [0.29, 0.717) is 13.0 Å². The molecule has 0 amide bonds. The van der Waals surface area contributed by atoms with E-state index < -0.39 is 0 Å². The molecule has 1 unspecified atom stereocenters. The molecule has 82 valence electrons. The lowest BCUT2D eigenvalue weighted by molar-refractivity contribution is -0.108. The number of ether oxygens (including phenoxy) is 1. The van der Waals surface area contributed by atoms with Crippen molar-refractivity contribution in [2.75, 3.05) is 7.11 Å². The second kappa shape index (κ2) is 6.03. The molecular formula is C12H15BrO2. The molecule has 0 spiro atoms. The van der Waals surface area contributed by atoms with Gasteiger partial charge >= 0.3 is 0 Å². The van der Waals surface area contributed by atoms with Crippen molar-refractivity contribution in [2.45, 2.75) is 25.9 Å². The van der Waals surface area contributed by atoms with Gasteiger partial charge in [-0.15, -0.1) is 0 Å². The van der Waals surface area contributed by atoms with Crippen LogP contribution < -0.4 is 0 Å². The second-order valence-corrected chi connectivity index (χ2v) is 4.50. The van der Waals surface area contributed by atoms with Gasteiger partial charge in [0.1, 0.15) is 6.29 Å². The van der Waals surface area contributed by atoms with E-state index in [1.165, 1.54) is 5.56 Å². The summed E-state index contributed by atoms with van der Waals surface area (Å²) >= 11 is 3.44. The van der Waals surface area contributed by atoms with Crippen molar-refractivity contribution < 1.29 is 9.53 Å². The lowest BCUT2D eigenvalue weighted by Gasteiger charge is -2.14. The molecule has 15 heavy (non-hydrogen) atoms. The quantitative estimate of drug-likeness (QED) is 0.768. The van der Waals surface area contributed by atoms with Crippen LogP contribution in [-0.4, -0.2) is 13.4 Å². The van der Waals surface area contributed by atoms with E-state index in [-0.39, 0.29) is 5.92 Å². The number of hydrogen-bond acceptors (Lipinski definition) is 2. The maximum Gasteiger partial charge on any atom is 0.120 e. The summed E-state index contributed by atoms with van der Waals surface area (Å²) in [4.78, 5) is 10.5. The SMILES string of the molecule is COCc1ccc(Br)cc1C(C)CC=O. The molecule has 0 heterocycles. The number of aldehydes is 1. The third kappa shape index (κ3) is 3.43. The highest BCUT2D eigenvalue weighted by Crippen LogP contribution is 2.26. The highest BCUT2D eigenvalue weighted by atomic mass is 79.9. The number of halogens is 1. The predicted molar refractivity (Wildman–Crippen MR) is 64.0 cm³/mol. The number of methoxy groups -OCH3 is 1. The van der Waals surface area contributed by atoms with E-state index in [1.807, 2.05) is 12.1 Å². The van der Waals surface area contributed by atoms with Crippen LogP contribution in [0, 0.1) is 0 Å². The Kier molecular flexibility index (Phi) is 4.99. The summed E-state index contributed by atoms with van der Waals surface area (Å²) in [6.07, 6.45) is 1.51. The van der Waals surface area contributed by atoms with Gasteiger partial charge in [-0.05, 0) is 29.2 Å². The third-order valence-electron chi connectivity index (χ3n) is 2.39. The first-order valence-corrected chi connectivity index (χ1v) is 5.69. The van der Waals surface area contributed by atoms with E-state index in [0.717, 1.165) is 16.3 Å². The van der Waals surface area contributed by atoms with Crippen molar-refractivity contribution in [1.29, 1.82) is 0 Å². The molecule has 0 saturated carbocycles. The van der Waals surface area contributed by atoms with Gasteiger partial charge in [0.2, 0.25) is 0 Å². The molecule has 1 aromatic rings. The summed E-state index contributed by atoms with van der Waals surface area (Å²) < 4.78 is 6.17. The highest BCUT2D eigenvalue weighted by molar-refractivity contribution is 9.10. The standard InChI is InChI=1S/C12H15BrO2/c1-9(5-6-14)12-7-11(13)4-3-10(12)8-15-2/h3-4,6-7,9H,5,8H2,1-2H3. The lowest BCUT2D eigenvalue weighted by atomic mass is 9.94. The van der Waals surface area contributed by atoms with Crippen LogP contribution in [0.5, 0.6) is 0 Å². The van der Waals surface area contributed by atoms with Gasteiger partial charge in [-0.1, -0.05) is 28.9 Å². The molecule has 3 heteroatoms. The van der Waals surface area contributed by atoms with Gasteiger partial charge < -0.3 is 9.53 Å². The van der Waals surface area contributed by atoms with Crippen molar-refractivity contribution in [3.05, 3.63) is 33.8 Å². The average molecular weight is 271 g/mol. The van der Waals surface area contributed by atoms with Crippen molar-refractivity contribution in [2.24, 2.45) is 0 Å². The summed E-state index contributed by atoms with van der Waals surface area (Å²) in [5, 5.41) is 0. The fourth-order valence-corrected chi connectivity index (χ4v) is 1.96. The van der Waals surface area contributed by atoms with Crippen LogP contribution in [0.1, 0.15) is 30.4 Å². The van der Waals surface area contributed by atoms with E-state index in [1.54, 1.807) is 7.11 Å². The van der Waals surface area contributed by atoms with Crippen molar-refractivity contribution in [3.63, 3.8) is 0 Å². The normalized spacial score (nSPS) is 12.5. The van der Waals surface area contributed by atoms with Crippen molar-refractivity contribution >= 4 is 22.2 Å². The summed E-state index contributed by atoms with van der Waals surface area (Å²) in [7, 11) is 1.68. The van der Waals surface area contributed by atoms with Crippen LogP contribution in [0.3, 0.4) is 0 Å². The van der Waals surface area contributed by atoms with Gasteiger partial charge in [-0.2, -0.15) is 0 Å². The fraction of sp³-hybridized carbons (Fsp3) is 0.417. The fourth-order valence-electron chi connectivity index (χ4n) is 1.58. The van der Waals surface area contributed by atoms with Crippen LogP contribution in [0.25, 0.3) is 0 Å². The van der Waals surface area contributed by atoms with Crippen molar-refractivity contribution in [3.8, 4) is 0 Å². The Bertz CT molecular complexity index is 336. The molecule has 1 aromatic carbocycles. The van der Waals surface area contributed by atoms with Crippen LogP contribution in [0.2, 0.25) is 0 Å². The van der Waals surface area contributed by atoms with Gasteiger partial charge in [0.25, 0.3) is 0 Å². The minimum atomic E-state index is 0.241. The lowest BCUT2D eigenvalue weighted by Crippen LogP contribution is -2.01. The molecule has 0 aromatic heterocycles. The first kappa shape index (κ1) is 12.4. The maximum atomic E-state index is 10.5. The van der Waals surface area contributed by atoms with E-state index in [4.69, 9.17) is 4.74 Å². The Morgan fingerprint density at radius 1 is 1.53 bits per heavy atom. The zero-order valence-corrected chi connectivity index (χ0v) is 10.6. The largest absolute Gasteiger partial charge is 0.380 e. The zero-order chi connectivity index (χ0) is 11.3. The highest BCUT2D eigenvalue weighted by Gasteiger charge is 2.10. The Balaban J connectivity index is 3.00. The smallest absolute Gasteiger partial charge is 0.120 e. The predicted octanol–water partition coefficient (Wildman–Crippen LogP) is 3.29. The van der Waals surface area contributed by atoms with Gasteiger partial charge in [0.15, 0.2) is 0 Å². The Morgan fingerprint density at radius 3 is 2.87 bits per heavy atom. The molecule has 0 aliphatic heterocycles. The van der Waals surface area contributed by atoms with E-state index >= 15 is 0 Å². The van der Waals surface area contributed by atoms with E-state index in [2.05, 4.69) is 28.9 Å². The van der Waals surface area contributed by atoms with Crippen LogP contribution >= 0.6 is 15.9 Å². The van der Waals surface area contributed by atoms with Gasteiger partial charge in [0, 0.05) is 18.0 Å². The summed E-state index contributed by atoms with van der Waals surface area (Å²) in [5.41, 5.74) is 2.33. The molecule has 2 nitrogen and oxygen atoms in total. The summed E-state index contributed by atoms with van der Waals surface area (Å²) in [6.45, 7) is 2.64. The molecule has 1 rings (SSSR count). The number of benzene rings is 1. The van der Waals surface area contributed by atoms with Gasteiger partial charge in [0.05, 0.1) is 6.61 Å². The summed E-state index contributed by atoms with van der Waals surface area (Å²) in [5.74, 6) is 0.241. The van der Waals surface area contributed by atoms with E-state index in [9.17, 15) is 4.79 Å². The van der Waals surface area contributed by atoms with Gasteiger partial charge in [-0.25, -0.2) is 0 Å². The molecular weight excluding hydrogens is 256 g/mol. The van der Waals surface area contributed by atoms with Crippen LogP contribution in [-0.2, 0) is 16.1 Å². The van der Waals surface area contributed by atoms with Crippen LogP contribution in [0.15, 0.2) is 22.7 Å². The number of carbonyl (C=O) groups excluding carboxylic acids is 1.